The van der Waals surface area contributed by atoms with E-state index in [0.29, 0.717) is 32.4 Å². The van der Waals surface area contributed by atoms with Gasteiger partial charge in [-0.2, -0.15) is 0 Å². The van der Waals surface area contributed by atoms with Crippen LogP contribution in [0.2, 0.25) is 0 Å². The van der Waals surface area contributed by atoms with Gasteiger partial charge in [0.25, 0.3) is 5.91 Å². The summed E-state index contributed by atoms with van der Waals surface area (Å²) in [5.41, 5.74) is -2.18. The Balaban J connectivity index is 1.97. The fourth-order valence-electron chi connectivity index (χ4n) is 2.33. The lowest BCUT2D eigenvalue weighted by atomic mass is 9.98. The minimum absolute atomic E-state index is 0.342. The largest absolute Gasteiger partial charge is 0.469 e. The van der Waals surface area contributed by atoms with E-state index in [4.69, 9.17) is 13.9 Å². The summed E-state index contributed by atoms with van der Waals surface area (Å²) in [6.45, 7) is 6.05. The third-order valence-electron chi connectivity index (χ3n) is 3.35. The Labute approximate surface area is 130 Å². The summed E-state index contributed by atoms with van der Waals surface area (Å²) in [6, 6.07) is 3.63. The maximum atomic E-state index is 12.5. The van der Waals surface area contributed by atoms with Gasteiger partial charge in [0, 0.05) is 19.6 Å². The molecule has 0 aliphatic carbocycles. The van der Waals surface area contributed by atoms with Crippen molar-refractivity contribution in [3.63, 3.8) is 0 Å². The van der Waals surface area contributed by atoms with Gasteiger partial charge in [0.1, 0.15) is 11.4 Å². The Morgan fingerprint density at radius 1 is 1.41 bits per heavy atom. The van der Waals surface area contributed by atoms with Crippen molar-refractivity contribution in [3.8, 4) is 0 Å². The highest BCUT2D eigenvalue weighted by molar-refractivity contribution is 6.06. The zero-order valence-electron chi connectivity index (χ0n) is 13.3. The SMILES string of the molecule is CC(C)(C)OC(=O)C1(C(=O)NCCc2ccco2)CCCO1. The molecule has 0 saturated carbocycles. The lowest BCUT2D eigenvalue weighted by Crippen LogP contribution is -2.54. The van der Waals surface area contributed by atoms with E-state index in [1.54, 1.807) is 33.1 Å². The number of carbonyl (C=O) groups excluding carboxylic acids is 2. The maximum absolute atomic E-state index is 12.5. The summed E-state index contributed by atoms with van der Waals surface area (Å²) in [5, 5.41) is 2.75. The predicted octanol–water partition coefficient (Wildman–Crippen LogP) is 1.83. The minimum atomic E-state index is -1.52. The monoisotopic (exact) mass is 309 g/mol. The Kier molecular flexibility index (Phi) is 4.90. The molecule has 0 bridgehead atoms. The van der Waals surface area contributed by atoms with Crippen LogP contribution in [0.4, 0.5) is 0 Å². The first-order valence-electron chi connectivity index (χ1n) is 7.52. The number of ether oxygens (including phenoxy) is 2. The molecule has 1 aromatic rings. The van der Waals surface area contributed by atoms with Crippen LogP contribution in [0.15, 0.2) is 22.8 Å². The fraction of sp³-hybridized carbons (Fsp3) is 0.625. The number of esters is 1. The molecular formula is C16H23NO5. The normalized spacial score (nSPS) is 21.6. The first-order valence-corrected chi connectivity index (χ1v) is 7.52. The van der Waals surface area contributed by atoms with Crippen LogP contribution in [0, 0.1) is 0 Å². The van der Waals surface area contributed by atoms with Crippen molar-refractivity contribution in [1.82, 2.24) is 5.32 Å². The molecule has 1 aliphatic rings. The summed E-state index contributed by atoms with van der Waals surface area (Å²) in [7, 11) is 0. The number of carbonyl (C=O) groups is 2. The van der Waals surface area contributed by atoms with Crippen molar-refractivity contribution in [2.45, 2.75) is 51.2 Å². The molecule has 22 heavy (non-hydrogen) atoms. The van der Waals surface area contributed by atoms with Crippen LogP contribution >= 0.6 is 0 Å². The topological polar surface area (TPSA) is 77.8 Å². The molecule has 1 aromatic heterocycles. The van der Waals surface area contributed by atoms with Crippen LogP contribution in [0.5, 0.6) is 0 Å². The standard InChI is InChI=1S/C16H23NO5/c1-15(2,3)22-14(19)16(8-5-11-21-16)13(18)17-9-7-12-6-4-10-20-12/h4,6,10H,5,7-9,11H2,1-3H3,(H,17,18). The van der Waals surface area contributed by atoms with Crippen molar-refractivity contribution in [1.29, 1.82) is 0 Å². The molecule has 0 aromatic carbocycles. The highest BCUT2D eigenvalue weighted by atomic mass is 16.6. The van der Waals surface area contributed by atoms with Crippen LogP contribution in [0.3, 0.4) is 0 Å². The number of nitrogens with one attached hydrogen (secondary N) is 1. The Morgan fingerprint density at radius 3 is 2.73 bits per heavy atom. The lowest BCUT2D eigenvalue weighted by Gasteiger charge is -2.29. The van der Waals surface area contributed by atoms with Crippen molar-refractivity contribution < 1.29 is 23.5 Å². The molecule has 6 nitrogen and oxygen atoms in total. The average molecular weight is 309 g/mol. The summed E-state index contributed by atoms with van der Waals surface area (Å²) < 4.78 is 16.0. The second-order valence-electron chi connectivity index (χ2n) is 6.37. The molecule has 6 heteroatoms. The van der Waals surface area contributed by atoms with Crippen LogP contribution < -0.4 is 5.32 Å². The van der Waals surface area contributed by atoms with Gasteiger partial charge in [0.15, 0.2) is 0 Å². The van der Waals surface area contributed by atoms with E-state index in [2.05, 4.69) is 5.32 Å². The van der Waals surface area contributed by atoms with E-state index in [1.165, 1.54) is 0 Å². The van der Waals surface area contributed by atoms with Crippen molar-refractivity contribution in [2.75, 3.05) is 13.2 Å². The average Bonchev–Trinajstić information content (AvgIpc) is 3.08. The molecule has 1 atom stereocenters. The summed E-state index contributed by atoms with van der Waals surface area (Å²) >= 11 is 0. The molecule has 2 rings (SSSR count). The highest BCUT2D eigenvalue weighted by Gasteiger charge is 2.52. The number of rotatable bonds is 5. The van der Waals surface area contributed by atoms with E-state index in [1.807, 2.05) is 6.07 Å². The van der Waals surface area contributed by atoms with Gasteiger partial charge in [-0.05, 0) is 45.7 Å². The molecule has 2 heterocycles. The first kappa shape index (κ1) is 16.5. The van der Waals surface area contributed by atoms with Crippen molar-refractivity contribution in [2.24, 2.45) is 0 Å². The van der Waals surface area contributed by atoms with E-state index in [0.717, 1.165) is 5.76 Å². The van der Waals surface area contributed by atoms with Gasteiger partial charge < -0.3 is 19.2 Å². The Morgan fingerprint density at radius 2 is 2.18 bits per heavy atom. The van der Waals surface area contributed by atoms with E-state index in [9.17, 15) is 9.59 Å². The van der Waals surface area contributed by atoms with E-state index < -0.39 is 23.1 Å². The van der Waals surface area contributed by atoms with Crippen molar-refractivity contribution >= 4 is 11.9 Å². The van der Waals surface area contributed by atoms with Crippen LogP contribution in [-0.4, -0.2) is 36.2 Å². The number of hydrogen-bond acceptors (Lipinski definition) is 5. The number of hydrogen-bond donors (Lipinski definition) is 1. The molecular weight excluding hydrogens is 286 g/mol. The fourth-order valence-corrected chi connectivity index (χ4v) is 2.33. The summed E-state index contributed by atoms with van der Waals surface area (Å²) in [4.78, 5) is 24.8. The van der Waals surface area contributed by atoms with Crippen LogP contribution in [0.1, 0.15) is 39.4 Å². The quantitative estimate of drug-likeness (QED) is 0.663. The smallest absolute Gasteiger partial charge is 0.348 e. The molecule has 0 radical (unpaired) electrons. The lowest BCUT2D eigenvalue weighted by molar-refractivity contribution is -0.182. The zero-order valence-corrected chi connectivity index (χ0v) is 13.3. The molecule has 1 saturated heterocycles. The maximum Gasteiger partial charge on any atom is 0.348 e. The van der Waals surface area contributed by atoms with Gasteiger partial charge in [-0.1, -0.05) is 0 Å². The van der Waals surface area contributed by atoms with Gasteiger partial charge in [0.2, 0.25) is 5.60 Å². The Hall–Kier alpha value is -1.82. The molecule has 1 amide bonds. The Bertz CT molecular complexity index is 509. The van der Waals surface area contributed by atoms with Crippen LogP contribution in [-0.2, 0) is 25.5 Å². The summed E-state index contributed by atoms with van der Waals surface area (Å²) in [5.74, 6) is -0.280. The first-order chi connectivity index (χ1) is 10.3. The van der Waals surface area contributed by atoms with Gasteiger partial charge >= 0.3 is 5.97 Å². The zero-order chi connectivity index (χ0) is 16.2. The predicted molar refractivity (Wildman–Crippen MR) is 79.2 cm³/mol. The van der Waals surface area contributed by atoms with Gasteiger partial charge in [-0.25, -0.2) is 4.79 Å². The van der Waals surface area contributed by atoms with E-state index >= 15 is 0 Å². The second kappa shape index (κ2) is 6.52. The van der Waals surface area contributed by atoms with E-state index in [-0.39, 0.29) is 0 Å². The molecule has 1 N–H and O–H groups in total. The molecule has 1 unspecified atom stereocenters. The number of furan rings is 1. The molecule has 1 aliphatic heterocycles. The number of amides is 1. The van der Waals surface area contributed by atoms with Gasteiger partial charge in [0.05, 0.1) is 6.26 Å². The third kappa shape index (κ3) is 3.88. The second-order valence-corrected chi connectivity index (χ2v) is 6.37. The minimum Gasteiger partial charge on any atom is -0.469 e. The van der Waals surface area contributed by atoms with Gasteiger partial charge in [-0.3, -0.25) is 4.79 Å². The summed E-state index contributed by atoms with van der Waals surface area (Å²) in [6.07, 6.45) is 3.14. The molecule has 122 valence electrons. The molecule has 0 spiro atoms. The highest BCUT2D eigenvalue weighted by Crippen LogP contribution is 2.29. The van der Waals surface area contributed by atoms with Crippen molar-refractivity contribution in [3.05, 3.63) is 24.2 Å². The molecule has 1 fully saturated rings. The van der Waals surface area contributed by atoms with Crippen LogP contribution in [0.25, 0.3) is 0 Å². The third-order valence-corrected chi connectivity index (χ3v) is 3.35. The van der Waals surface area contributed by atoms with Gasteiger partial charge in [-0.15, -0.1) is 0 Å².